The molecular formula is C26H27N5O11. The molecule has 1 aromatic carbocycles. The molecule has 4 atom stereocenters. The van der Waals surface area contributed by atoms with Gasteiger partial charge in [-0.2, -0.15) is 4.57 Å². The summed E-state index contributed by atoms with van der Waals surface area (Å²) >= 11 is 0. The van der Waals surface area contributed by atoms with E-state index in [0.717, 1.165) is 29.8 Å². The maximum absolute atomic E-state index is 12.7. The molecular weight excluding hydrogens is 558 g/mol. The van der Waals surface area contributed by atoms with Crippen LogP contribution < -0.4 is 21.3 Å². The summed E-state index contributed by atoms with van der Waals surface area (Å²) in [6.45, 7) is 1.70. The van der Waals surface area contributed by atoms with Gasteiger partial charge in [0.1, 0.15) is 37.8 Å². The Morgan fingerprint density at radius 2 is 1.95 bits per heavy atom. The number of ether oxygens (including phenoxy) is 3. The minimum Gasteiger partial charge on any atom is -0.711 e. The number of aryl methyl sites for hydroxylation is 1. The molecule has 0 saturated carbocycles. The Bertz CT molecular complexity index is 1600. The lowest BCUT2D eigenvalue weighted by Gasteiger charge is -2.19. The number of nitrogens with one attached hydrogen (secondary N) is 1. The van der Waals surface area contributed by atoms with Gasteiger partial charge < -0.3 is 24.5 Å². The van der Waals surface area contributed by atoms with Crippen LogP contribution in [0.3, 0.4) is 0 Å². The summed E-state index contributed by atoms with van der Waals surface area (Å²) in [5, 5.41) is 36.6. The molecule has 0 bridgehead atoms. The molecule has 2 aromatic heterocycles. The molecule has 4 rings (SSSR count). The van der Waals surface area contributed by atoms with Crippen molar-refractivity contribution >= 4 is 23.6 Å². The maximum atomic E-state index is 12.7. The second-order valence-electron chi connectivity index (χ2n) is 9.43. The summed E-state index contributed by atoms with van der Waals surface area (Å²) in [5.74, 6) is -0.924. The third kappa shape index (κ3) is 6.61. The molecule has 2 unspecified atom stereocenters. The molecule has 42 heavy (non-hydrogen) atoms. The molecule has 0 spiro atoms. The van der Waals surface area contributed by atoms with Crippen molar-refractivity contribution in [2.24, 2.45) is 0 Å². The summed E-state index contributed by atoms with van der Waals surface area (Å²) in [5.41, 5.74) is -1.30. The first-order chi connectivity index (χ1) is 20.0. The molecule has 3 heterocycles. The van der Waals surface area contributed by atoms with Gasteiger partial charge >= 0.3 is 11.8 Å². The third-order valence-electron chi connectivity index (χ3n) is 6.49. The molecule has 222 valence electrons. The van der Waals surface area contributed by atoms with Crippen LogP contribution in [-0.4, -0.2) is 56.6 Å². The minimum absolute atomic E-state index is 0.0864. The molecule has 0 amide bonds. The summed E-state index contributed by atoms with van der Waals surface area (Å²) < 4.78 is 17.9. The predicted octanol–water partition coefficient (Wildman–Crippen LogP) is 1.18. The number of hydrogen-bond donors (Lipinski definition) is 2. The fraction of sp³-hybridized carbons (Fsp3) is 0.346. The van der Waals surface area contributed by atoms with Gasteiger partial charge in [0, 0.05) is 25.1 Å². The molecule has 16 heteroatoms. The molecule has 1 aliphatic rings. The molecule has 16 nitrogen and oxygen atoms in total. The molecule has 1 saturated heterocycles. The molecule has 1 fully saturated rings. The largest absolute Gasteiger partial charge is 0.711 e. The van der Waals surface area contributed by atoms with Crippen LogP contribution in [-0.2, 0) is 14.2 Å². The molecule has 2 N–H and O–H groups in total. The number of aromatic nitrogens is 3. The quantitative estimate of drug-likeness (QED) is 0.119. The number of nitro groups is 1. The second kappa shape index (κ2) is 12.6. The lowest BCUT2D eigenvalue weighted by atomic mass is 10.1. The SMILES string of the molecule is CC(=O)n1c(=O)c(C)cn([C@H]2CC(O)[C@@H](COC(=O)OCC(Nc3cc([N+](=O)[O-])cc[n+]3[O-])c3ccccc3)O2)c1=O. The van der Waals surface area contributed by atoms with Gasteiger partial charge in [-0.25, -0.2) is 14.3 Å². The lowest BCUT2D eigenvalue weighted by Crippen LogP contribution is -2.44. The summed E-state index contributed by atoms with van der Waals surface area (Å²) in [7, 11) is 0. The molecule has 1 aliphatic heterocycles. The first-order valence-corrected chi connectivity index (χ1v) is 12.6. The number of carbonyl (C=O) groups excluding carboxylic acids is 2. The van der Waals surface area contributed by atoms with Crippen molar-refractivity contribution in [2.75, 3.05) is 18.5 Å². The standard InChI is InChI=1S/C26H27N5O11/c1-15-12-28(25(35)30(16(2)32)24(15)34)23-11-20(33)21(42-23)14-41-26(36)40-13-19(17-6-4-3-5-7-17)27-22-10-18(31(38)39)8-9-29(22)37/h3-10,12,19-21,23,27,33H,11,13-14H2,1-2H3/t19?,20?,21-,23-/m1/s1. The van der Waals surface area contributed by atoms with Crippen LogP contribution in [0.15, 0.2) is 64.4 Å². The number of aliphatic hydroxyl groups is 1. The van der Waals surface area contributed by atoms with Gasteiger partial charge in [-0.05, 0) is 12.5 Å². The van der Waals surface area contributed by atoms with Crippen LogP contribution in [0.25, 0.3) is 0 Å². The zero-order valence-corrected chi connectivity index (χ0v) is 22.4. The summed E-state index contributed by atoms with van der Waals surface area (Å²) in [6.07, 6.45) is -2.28. The summed E-state index contributed by atoms with van der Waals surface area (Å²) in [4.78, 5) is 59.6. The molecule has 0 aliphatic carbocycles. The van der Waals surface area contributed by atoms with Gasteiger partial charge in [0.2, 0.25) is 5.91 Å². The van der Waals surface area contributed by atoms with Gasteiger partial charge in [-0.3, -0.25) is 29.6 Å². The van der Waals surface area contributed by atoms with Crippen molar-refractivity contribution in [1.29, 1.82) is 0 Å². The van der Waals surface area contributed by atoms with Crippen LogP contribution >= 0.6 is 0 Å². The zero-order valence-electron chi connectivity index (χ0n) is 22.4. The Labute approximate surface area is 237 Å². The molecule has 3 aromatic rings. The van der Waals surface area contributed by atoms with E-state index in [-0.39, 0.29) is 30.1 Å². The van der Waals surface area contributed by atoms with E-state index in [1.807, 2.05) is 0 Å². The van der Waals surface area contributed by atoms with Crippen LogP contribution in [0.5, 0.6) is 0 Å². The fourth-order valence-electron chi connectivity index (χ4n) is 4.34. The van der Waals surface area contributed by atoms with Crippen molar-refractivity contribution in [3.63, 3.8) is 0 Å². The van der Waals surface area contributed by atoms with Crippen molar-refractivity contribution in [3.05, 3.63) is 102 Å². The van der Waals surface area contributed by atoms with Crippen LogP contribution in [0.1, 0.15) is 41.5 Å². The van der Waals surface area contributed by atoms with E-state index < -0.39 is 59.3 Å². The van der Waals surface area contributed by atoms with Gasteiger partial charge in [0.15, 0.2) is 6.04 Å². The monoisotopic (exact) mass is 585 g/mol. The Hall–Kier alpha value is -5.09. The van der Waals surface area contributed by atoms with Gasteiger partial charge in [0.05, 0.1) is 17.1 Å². The normalized spacial score (nSPS) is 18.7. The van der Waals surface area contributed by atoms with Crippen LogP contribution in [0, 0.1) is 22.2 Å². The number of hydrogen-bond acceptors (Lipinski definition) is 12. The minimum atomic E-state index is -1.16. The van der Waals surface area contributed by atoms with E-state index in [1.165, 1.54) is 13.1 Å². The highest BCUT2D eigenvalue weighted by molar-refractivity contribution is 5.75. The van der Waals surface area contributed by atoms with Crippen molar-refractivity contribution in [3.8, 4) is 0 Å². The first kappa shape index (κ1) is 29.9. The zero-order chi connectivity index (χ0) is 30.6. The van der Waals surface area contributed by atoms with Gasteiger partial charge in [-0.15, -0.1) is 0 Å². The lowest BCUT2D eigenvalue weighted by molar-refractivity contribution is -0.591. The van der Waals surface area contributed by atoms with Crippen LogP contribution in [0.4, 0.5) is 16.3 Å². The van der Waals surface area contributed by atoms with Crippen LogP contribution in [0.2, 0.25) is 0 Å². The highest BCUT2D eigenvalue weighted by Crippen LogP contribution is 2.28. The van der Waals surface area contributed by atoms with Gasteiger partial charge in [-0.1, -0.05) is 30.3 Å². The Kier molecular flexibility index (Phi) is 8.97. The van der Waals surface area contributed by atoms with E-state index in [1.54, 1.807) is 30.3 Å². The number of benzene rings is 1. The van der Waals surface area contributed by atoms with E-state index >= 15 is 0 Å². The number of pyridine rings is 1. The number of nitrogens with zero attached hydrogens (tertiary/aromatic N) is 4. The second-order valence-corrected chi connectivity index (χ2v) is 9.43. The molecule has 0 radical (unpaired) electrons. The van der Waals surface area contributed by atoms with E-state index in [4.69, 9.17) is 14.2 Å². The highest BCUT2D eigenvalue weighted by Gasteiger charge is 2.37. The average molecular weight is 586 g/mol. The maximum Gasteiger partial charge on any atom is 0.508 e. The first-order valence-electron chi connectivity index (χ1n) is 12.6. The number of rotatable bonds is 9. The summed E-state index contributed by atoms with van der Waals surface area (Å²) in [6, 6.07) is 9.86. The van der Waals surface area contributed by atoms with Crippen molar-refractivity contribution < 1.29 is 38.6 Å². The Balaban J connectivity index is 1.40. The van der Waals surface area contributed by atoms with E-state index in [2.05, 4.69) is 5.32 Å². The van der Waals surface area contributed by atoms with E-state index in [9.17, 15) is 39.6 Å². The average Bonchev–Trinajstić information content (AvgIpc) is 3.32. The Morgan fingerprint density at radius 3 is 2.62 bits per heavy atom. The van der Waals surface area contributed by atoms with E-state index in [0.29, 0.717) is 14.9 Å². The fourth-order valence-corrected chi connectivity index (χ4v) is 4.34. The van der Waals surface area contributed by atoms with Crippen molar-refractivity contribution in [1.82, 2.24) is 9.13 Å². The highest BCUT2D eigenvalue weighted by atomic mass is 16.7. The number of anilines is 1. The number of aliphatic hydroxyl groups excluding tert-OH is 1. The topological polar surface area (TPSA) is 208 Å². The van der Waals surface area contributed by atoms with Crippen molar-refractivity contribution in [2.45, 2.75) is 44.7 Å². The Morgan fingerprint density at radius 1 is 1.24 bits per heavy atom. The number of carbonyl (C=O) groups is 2. The third-order valence-corrected chi connectivity index (χ3v) is 6.49. The predicted molar refractivity (Wildman–Crippen MR) is 143 cm³/mol. The van der Waals surface area contributed by atoms with Gasteiger partial charge in [0.25, 0.3) is 17.1 Å². The smallest absolute Gasteiger partial charge is 0.508 e.